The molecule has 0 saturated carbocycles. The summed E-state index contributed by atoms with van der Waals surface area (Å²) in [6, 6.07) is 0. The van der Waals surface area contributed by atoms with Gasteiger partial charge in [-0.25, -0.2) is 9.13 Å². The molecule has 98 heavy (non-hydrogen) atoms. The van der Waals surface area contributed by atoms with Gasteiger partial charge in [0.1, 0.15) is 19.3 Å². The minimum Gasteiger partial charge on any atom is -0.462 e. The fourth-order valence-corrected chi connectivity index (χ4v) is 13.9. The second-order valence-corrected chi connectivity index (χ2v) is 31.4. The van der Waals surface area contributed by atoms with Gasteiger partial charge in [0.05, 0.1) is 26.4 Å². The number of carbonyl (C=O) groups excluding carboxylic acids is 4. The Morgan fingerprint density at radius 3 is 0.602 bits per heavy atom. The molecule has 0 bridgehead atoms. The zero-order valence-corrected chi connectivity index (χ0v) is 65.6. The van der Waals surface area contributed by atoms with Crippen LogP contribution in [0, 0.1) is 0 Å². The van der Waals surface area contributed by atoms with E-state index in [4.69, 9.17) is 37.0 Å². The summed E-state index contributed by atoms with van der Waals surface area (Å²) in [6.45, 7) is 5.03. The molecule has 582 valence electrons. The van der Waals surface area contributed by atoms with E-state index in [1.807, 2.05) is 0 Å². The quantitative estimate of drug-likeness (QED) is 0.0222. The predicted molar refractivity (Wildman–Crippen MR) is 400 cm³/mol. The molecule has 19 heteroatoms. The van der Waals surface area contributed by atoms with Crippen molar-refractivity contribution in [1.82, 2.24) is 0 Å². The van der Waals surface area contributed by atoms with Crippen molar-refractivity contribution in [1.29, 1.82) is 0 Å². The third-order valence-electron chi connectivity index (χ3n) is 18.6. The minimum atomic E-state index is -4.96. The van der Waals surface area contributed by atoms with Crippen LogP contribution in [-0.2, 0) is 65.4 Å². The Morgan fingerprint density at radius 2 is 0.408 bits per heavy atom. The maximum absolute atomic E-state index is 13.1. The molecule has 0 fully saturated rings. The van der Waals surface area contributed by atoms with Crippen molar-refractivity contribution >= 4 is 39.5 Å². The zero-order valence-electron chi connectivity index (χ0n) is 63.8. The number of esters is 4. The van der Waals surface area contributed by atoms with Crippen LogP contribution in [-0.4, -0.2) is 96.7 Å². The topological polar surface area (TPSA) is 237 Å². The molecule has 0 aromatic heterocycles. The Kier molecular flexibility index (Phi) is 71.9. The van der Waals surface area contributed by atoms with Crippen LogP contribution < -0.4 is 0 Å². The van der Waals surface area contributed by atoms with E-state index in [-0.39, 0.29) is 25.7 Å². The van der Waals surface area contributed by atoms with Crippen LogP contribution in [0.4, 0.5) is 0 Å². The number of ether oxygens (including phenoxy) is 4. The monoisotopic (exact) mass is 1440 g/mol. The second kappa shape index (κ2) is 73.4. The molecule has 17 nitrogen and oxygen atoms in total. The molecule has 0 radical (unpaired) electrons. The molecule has 0 aliphatic carbocycles. The molecular formula is C79H154O17P2. The Labute approximate surface area is 600 Å². The molecule has 2 unspecified atom stereocenters. The standard InChI is InChI=1S/C79H154O17P2/c1-5-9-13-17-21-25-29-33-35-36-38-42-46-50-54-58-62-66-79(84)96-75(69-89-76(81)63-59-55-51-47-43-39-31-27-23-19-15-11-7-3)72-94-98(87,88)92-68-73(80)67-91-97(85,86)93-71-74(95-78(83)65-61-57-53-49-45-40-32-28-24-20-16-12-8-4)70-90-77(82)64-60-56-52-48-44-41-37-34-30-26-22-18-14-10-6-2/h73-75,80H,5-72H2,1-4H3,(H,85,86)(H,87,88)/t73-,74-,75-/m1/s1. The van der Waals surface area contributed by atoms with Gasteiger partial charge in [-0.1, -0.05) is 374 Å². The maximum atomic E-state index is 13.1. The first-order chi connectivity index (χ1) is 47.7. The lowest BCUT2D eigenvalue weighted by Crippen LogP contribution is -2.30. The highest BCUT2D eigenvalue weighted by molar-refractivity contribution is 7.47. The van der Waals surface area contributed by atoms with Crippen molar-refractivity contribution < 1.29 is 80.2 Å². The molecule has 0 heterocycles. The second-order valence-electron chi connectivity index (χ2n) is 28.5. The molecule has 0 aromatic rings. The van der Waals surface area contributed by atoms with Crippen molar-refractivity contribution in [3.8, 4) is 0 Å². The smallest absolute Gasteiger partial charge is 0.462 e. The van der Waals surface area contributed by atoms with Gasteiger partial charge in [-0.2, -0.15) is 0 Å². The predicted octanol–water partition coefficient (Wildman–Crippen LogP) is 23.8. The first kappa shape index (κ1) is 96.1. The molecule has 0 rings (SSSR count). The fourth-order valence-electron chi connectivity index (χ4n) is 12.3. The molecule has 3 N–H and O–H groups in total. The number of phosphoric ester groups is 2. The minimum absolute atomic E-state index is 0.109. The summed E-state index contributed by atoms with van der Waals surface area (Å²) < 4.78 is 68.7. The SMILES string of the molecule is CCCCCCCCCCCCCCCCCCCC(=O)O[C@H](COC(=O)CCCCCCCCCCCCCCC)COP(=O)(O)OC[C@H](O)COP(=O)(O)OC[C@@H](COC(=O)CCCCCCCCCCCCCCCCC)OC(=O)CCCCCCCCCCCCCCC. The lowest BCUT2D eigenvalue weighted by molar-refractivity contribution is -0.161. The summed E-state index contributed by atoms with van der Waals surface area (Å²) in [6.07, 6.45) is 65.0. The van der Waals surface area contributed by atoms with Crippen LogP contribution in [0.15, 0.2) is 0 Å². The zero-order chi connectivity index (χ0) is 71.8. The first-order valence-electron chi connectivity index (χ1n) is 41.3. The average molecular weight is 1440 g/mol. The van der Waals surface area contributed by atoms with Crippen molar-refractivity contribution in [3.05, 3.63) is 0 Å². The highest BCUT2D eigenvalue weighted by Gasteiger charge is 2.30. The van der Waals surface area contributed by atoms with E-state index in [9.17, 15) is 43.2 Å². The Bertz CT molecular complexity index is 1860. The van der Waals surface area contributed by atoms with E-state index in [2.05, 4.69) is 27.7 Å². The van der Waals surface area contributed by atoms with Gasteiger partial charge in [-0.05, 0) is 25.7 Å². The van der Waals surface area contributed by atoms with E-state index in [0.29, 0.717) is 25.7 Å². The van der Waals surface area contributed by atoms with Gasteiger partial charge in [-0.15, -0.1) is 0 Å². The van der Waals surface area contributed by atoms with Crippen molar-refractivity contribution in [2.45, 2.75) is 444 Å². The molecule has 0 aromatic carbocycles. The van der Waals surface area contributed by atoms with E-state index in [0.717, 1.165) is 89.9 Å². The van der Waals surface area contributed by atoms with Gasteiger partial charge in [0.15, 0.2) is 12.2 Å². The van der Waals surface area contributed by atoms with Crippen LogP contribution >= 0.6 is 15.6 Å². The van der Waals surface area contributed by atoms with Gasteiger partial charge in [0, 0.05) is 25.7 Å². The van der Waals surface area contributed by atoms with E-state index in [1.54, 1.807) is 0 Å². The summed E-state index contributed by atoms with van der Waals surface area (Å²) in [5, 5.41) is 10.6. The third kappa shape index (κ3) is 72.4. The Morgan fingerprint density at radius 1 is 0.245 bits per heavy atom. The number of hydrogen-bond acceptors (Lipinski definition) is 15. The summed E-state index contributed by atoms with van der Waals surface area (Å²) >= 11 is 0. The maximum Gasteiger partial charge on any atom is 0.472 e. The Balaban J connectivity index is 5.25. The number of hydrogen-bond donors (Lipinski definition) is 3. The normalized spacial score (nSPS) is 13.8. The summed E-state index contributed by atoms with van der Waals surface area (Å²) in [5.41, 5.74) is 0. The Hall–Kier alpha value is -1.94. The van der Waals surface area contributed by atoms with Gasteiger partial charge in [0.25, 0.3) is 0 Å². The molecule has 5 atom stereocenters. The van der Waals surface area contributed by atoms with Gasteiger partial charge in [0.2, 0.25) is 0 Å². The highest BCUT2D eigenvalue weighted by atomic mass is 31.2. The molecule has 0 spiro atoms. The lowest BCUT2D eigenvalue weighted by atomic mass is 10.0. The highest BCUT2D eigenvalue weighted by Crippen LogP contribution is 2.45. The largest absolute Gasteiger partial charge is 0.472 e. The molecule has 0 amide bonds. The molecule has 0 saturated heterocycles. The van der Waals surface area contributed by atoms with Crippen molar-refractivity contribution in [2.24, 2.45) is 0 Å². The van der Waals surface area contributed by atoms with Crippen LogP contribution in [0.2, 0.25) is 0 Å². The number of unbranched alkanes of at least 4 members (excludes halogenated alkanes) is 54. The van der Waals surface area contributed by atoms with E-state index >= 15 is 0 Å². The third-order valence-corrected chi connectivity index (χ3v) is 20.5. The van der Waals surface area contributed by atoms with Gasteiger partial charge >= 0.3 is 39.5 Å². The molecule has 0 aliphatic heterocycles. The van der Waals surface area contributed by atoms with Crippen LogP contribution in [0.25, 0.3) is 0 Å². The molecule has 0 aliphatic rings. The van der Waals surface area contributed by atoms with Gasteiger partial charge < -0.3 is 33.8 Å². The summed E-state index contributed by atoms with van der Waals surface area (Å²) in [7, 11) is -9.91. The lowest BCUT2D eigenvalue weighted by Gasteiger charge is -2.21. The number of carbonyl (C=O) groups is 4. The number of aliphatic hydroxyl groups is 1. The van der Waals surface area contributed by atoms with Gasteiger partial charge in [-0.3, -0.25) is 37.3 Å². The van der Waals surface area contributed by atoms with E-state index in [1.165, 1.54) is 257 Å². The molecular weight excluding hydrogens is 1280 g/mol. The van der Waals surface area contributed by atoms with E-state index < -0.39 is 97.5 Å². The summed E-state index contributed by atoms with van der Waals surface area (Å²) in [5.74, 6) is -2.10. The van der Waals surface area contributed by atoms with Crippen molar-refractivity contribution in [3.63, 3.8) is 0 Å². The number of rotatable bonds is 80. The van der Waals surface area contributed by atoms with Crippen LogP contribution in [0.5, 0.6) is 0 Å². The van der Waals surface area contributed by atoms with Crippen LogP contribution in [0.1, 0.15) is 426 Å². The first-order valence-corrected chi connectivity index (χ1v) is 44.3. The van der Waals surface area contributed by atoms with Crippen LogP contribution in [0.3, 0.4) is 0 Å². The van der Waals surface area contributed by atoms with Crippen molar-refractivity contribution in [2.75, 3.05) is 39.6 Å². The summed E-state index contributed by atoms with van der Waals surface area (Å²) in [4.78, 5) is 73.0. The number of aliphatic hydroxyl groups excluding tert-OH is 1. The average Bonchev–Trinajstić information content (AvgIpc) is 1.02. The fraction of sp³-hybridized carbons (Fsp3) is 0.949. The number of phosphoric acid groups is 2.